The van der Waals surface area contributed by atoms with Crippen LogP contribution in [0.4, 0.5) is 4.79 Å². The fourth-order valence-corrected chi connectivity index (χ4v) is 4.85. The molecule has 0 saturated heterocycles. The molecule has 0 bridgehead atoms. The average molecular weight is 586 g/mol. The van der Waals surface area contributed by atoms with E-state index >= 15 is 0 Å². The zero-order chi connectivity index (χ0) is 30.8. The summed E-state index contributed by atoms with van der Waals surface area (Å²) in [4.78, 5) is 39.8. The fourth-order valence-electron chi connectivity index (χ4n) is 4.85. The minimum absolute atomic E-state index is 0.166. The van der Waals surface area contributed by atoms with Crippen LogP contribution in [0.1, 0.15) is 46.6 Å². The van der Waals surface area contributed by atoms with Gasteiger partial charge in [0, 0.05) is 30.2 Å². The van der Waals surface area contributed by atoms with E-state index in [0.717, 1.165) is 21.7 Å². The van der Waals surface area contributed by atoms with Gasteiger partial charge in [-0.1, -0.05) is 30.3 Å². The number of amides is 3. The Labute approximate surface area is 250 Å². The minimum Gasteiger partial charge on any atom is -0.497 e. The number of aromatic nitrogens is 1. The number of rotatable bonds is 13. The number of nitrogens with zero attached hydrogens (tertiary/aromatic N) is 3. The van der Waals surface area contributed by atoms with Gasteiger partial charge < -0.3 is 29.1 Å². The monoisotopic (exact) mass is 585 g/mol. The van der Waals surface area contributed by atoms with Crippen molar-refractivity contribution in [3.8, 4) is 11.9 Å². The number of methoxy groups -OCH3 is 1. The number of fused-ring (bicyclic) bond motifs is 1. The first-order chi connectivity index (χ1) is 20.8. The van der Waals surface area contributed by atoms with Crippen LogP contribution in [0.5, 0.6) is 5.75 Å². The van der Waals surface area contributed by atoms with E-state index < -0.39 is 23.9 Å². The number of hydrogen-bond acceptors (Lipinski definition) is 7. The lowest BCUT2D eigenvalue weighted by atomic mass is 10.1. The summed E-state index contributed by atoms with van der Waals surface area (Å²) in [6.45, 7) is 2.75. The lowest BCUT2D eigenvalue weighted by Crippen LogP contribution is -2.46. The van der Waals surface area contributed by atoms with E-state index in [1.54, 1.807) is 25.5 Å². The van der Waals surface area contributed by atoms with Crippen LogP contribution in [0.15, 0.2) is 71.3 Å². The zero-order valence-electron chi connectivity index (χ0n) is 24.5. The largest absolute Gasteiger partial charge is 0.497 e. The summed E-state index contributed by atoms with van der Waals surface area (Å²) in [6.07, 6.45) is 4.18. The van der Waals surface area contributed by atoms with Crippen LogP contribution < -0.4 is 15.4 Å². The molecule has 2 heterocycles. The number of carbonyl (C=O) groups excluding carboxylic acids is 3. The summed E-state index contributed by atoms with van der Waals surface area (Å²) in [7, 11) is 2.91. The average Bonchev–Trinajstić information content (AvgIpc) is 3.64. The van der Waals surface area contributed by atoms with Gasteiger partial charge in [0.1, 0.15) is 24.2 Å². The van der Waals surface area contributed by atoms with Crippen LogP contribution in [-0.4, -0.2) is 54.1 Å². The number of likely N-dealkylation sites (N-methyl/N-ethyl adjacent to an activating group) is 1. The van der Waals surface area contributed by atoms with E-state index in [9.17, 15) is 19.6 Å². The van der Waals surface area contributed by atoms with Crippen molar-refractivity contribution in [2.75, 3.05) is 20.7 Å². The number of nitrogens with one attached hydrogen (secondary N) is 2. The number of benzene rings is 2. The summed E-state index contributed by atoms with van der Waals surface area (Å²) in [6, 6.07) is 17.6. The Balaban J connectivity index is 1.43. The molecular weight excluding hydrogens is 550 g/mol. The molecule has 0 fully saturated rings. The lowest BCUT2D eigenvalue weighted by Gasteiger charge is -2.20. The van der Waals surface area contributed by atoms with E-state index in [4.69, 9.17) is 13.9 Å². The molecule has 0 radical (unpaired) electrons. The SMILES string of the molecule is COc1ccc2c(c1)c(C(=O)NC(CCCCNC(=O)OCc1ccccc1)C(=O)N(C)C#N)c(C)n2Cc1ccco1. The Morgan fingerprint density at radius 3 is 2.58 bits per heavy atom. The van der Waals surface area contributed by atoms with E-state index in [0.29, 0.717) is 48.3 Å². The highest BCUT2D eigenvalue weighted by molar-refractivity contribution is 6.10. The van der Waals surface area contributed by atoms with Gasteiger partial charge in [-0.25, -0.2) is 4.79 Å². The maximum atomic E-state index is 13.8. The van der Waals surface area contributed by atoms with Gasteiger partial charge in [-0.05, 0) is 62.1 Å². The molecule has 3 amide bonds. The maximum Gasteiger partial charge on any atom is 0.407 e. The van der Waals surface area contributed by atoms with Crippen molar-refractivity contribution in [3.63, 3.8) is 0 Å². The Kier molecular flexibility index (Phi) is 10.4. The molecule has 0 aliphatic carbocycles. The van der Waals surface area contributed by atoms with Gasteiger partial charge in [0.15, 0.2) is 6.19 Å². The van der Waals surface area contributed by atoms with Gasteiger partial charge in [0.05, 0.1) is 25.5 Å². The summed E-state index contributed by atoms with van der Waals surface area (Å²) >= 11 is 0. The van der Waals surface area contributed by atoms with Gasteiger partial charge in [0.2, 0.25) is 0 Å². The third kappa shape index (κ3) is 7.74. The first kappa shape index (κ1) is 30.7. The first-order valence-electron chi connectivity index (χ1n) is 13.9. The smallest absolute Gasteiger partial charge is 0.407 e. The molecule has 224 valence electrons. The quantitative estimate of drug-likeness (QED) is 0.131. The number of ether oxygens (including phenoxy) is 2. The molecule has 4 aromatic rings. The van der Waals surface area contributed by atoms with Crippen molar-refractivity contribution in [2.24, 2.45) is 0 Å². The first-order valence-corrected chi connectivity index (χ1v) is 13.9. The molecule has 0 spiro atoms. The highest BCUT2D eigenvalue weighted by Crippen LogP contribution is 2.30. The van der Waals surface area contributed by atoms with Crippen LogP contribution in [0.3, 0.4) is 0 Å². The topological polar surface area (TPSA) is 139 Å². The summed E-state index contributed by atoms with van der Waals surface area (Å²) < 4.78 is 18.1. The van der Waals surface area contributed by atoms with Crippen molar-refractivity contribution >= 4 is 28.8 Å². The maximum absolute atomic E-state index is 13.8. The van der Waals surface area contributed by atoms with Crippen LogP contribution in [0.25, 0.3) is 10.9 Å². The molecule has 2 aromatic carbocycles. The minimum atomic E-state index is -0.948. The third-order valence-electron chi connectivity index (χ3n) is 7.14. The molecule has 0 aliphatic heterocycles. The molecule has 4 rings (SSSR count). The van der Waals surface area contributed by atoms with Crippen molar-refractivity contribution in [2.45, 2.75) is 45.4 Å². The number of furan rings is 1. The van der Waals surface area contributed by atoms with Crippen LogP contribution in [0, 0.1) is 18.4 Å². The second-order valence-electron chi connectivity index (χ2n) is 10.0. The van der Waals surface area contributed by atoms with Crippen LogP contribution in [-0.2, 0) is 22.7 Å². The standard InChI is InChI=1S/C32H35N5O6/c1-22-29(26-18-24(41-3)14-15-28(26)37(22)19-25-12-9-17-42-25)30(38)35-27(31(39)36(2)21-33)13-7-8-16-34-32(40)43-20-23-10-5-4-6-11-23/h4-6,9-12,14-15,17-18,27H,7-8,13,16,19-20H2,1-3H3,(H,34,40)(H,35,38). The predicted molar refractivity (Wildman–Crippen MR) is 159 cm³/mol. The zero-order valence-corrected chi connectivity index (χ0v) is 24.5. The van der Waals surface area contributed by atoms with Crippen molar-refractivity contribution in [3.05, 3.63) is 89.5 Å². The molecular formula is C32H35N5O6. The number of unbranched alkanes of at least 4 members (excludes halogenated alkanes) is 1. The van der Waals surface area contributed by atoms with E-state index in [1.807, 2.05) is 66.2 Å². The second kappa shape index (κ2) is 14.6. The van der Waals surface area contributed by atoms with Crippen LogP contribution in [0.2, 0.25) is 0 Å². The highest BCUT2D eigenvalue weighted by Gasteiger charge is 2.28. The number of hydrogen-bond donors (Lipinski definition) is 2. The fraction of sp³-hybridized carbons (Fsp3) is 0.312. The second-order valence-corrected chi connectivity index (χ2v) is 10.0. The Morgan fingerprint density at radius 2 is 1.88 bits per heavy atom. The predicted octanol–water partition coefficient (Wildman–Crippen LogP) is 4.73. The van der Waals surface area contributed by atoms with Crippen LogP contribution >= 0.6 is 0 Å². The van der Waals surface area contributed by atoms with Gasteiger partial charge in [-0.3, -0.25) is 14.5 Å². The Bertz CT molecular complexity index is 1590. The van der Waals surface area contributed by atoms with E-state index in [-0.39, 0.29) is 13.0 Å². The molecule has 2 N–H and O–H groups in total. The summed E-state index contributed by atoms with van der Waals surface area (Å²) in [5, 5.41) is 15.6. The molecule has 11 heteroatoms. The van der Waals surface area contributed by atoms with Gasteiger partial charge in [0.25, 0.3) is 11.8 Å². The molecule has 0 saturated carbocycles. The molecule has 0 aliphatic rings. The van der Waals surface area contributed by atoms with Crippen molar-refractivity contribution < 1.29 is 28.3 Å². The Morgan fingerprint density at radius 1 is 1.09 bits per heavy atom. The molecule has 43 heavy (non-hydrogen) atoms. The number of alkyl carbamates (subject to hydrolysis) is 1. The molecule has 2 aromatic heterocycles. The molecule has 11 nitrogen and oxygen atoms in total. The lowest BCUT2D eigenvalue weighted by molar-refractivity contribution is -0.129. The Hall–Kier alpha value is -5.24. The van der Waals surface area contributed by atoms with Gasteiger partial charge in [-0.2, -0.15) is 5.26 Å². The van der Waals surface area contributed by atoms with Gasteiger partial charge >= 0.3 is 6.09 Å². The number of nitriles is 1. The van der Waals surface area contributed by atoms with E-state index in [2.05, 4.69) is 10.6 Å². The molecule has 1 unspecified atom stereocenters. The summed E-state index contributed by atoms with van der Waals surface area (Å²) in [5.74, 6) is 0.342. The van der Waals surface area contributed by atoms with Crippen molar-refractivity contribution in [1.29, 1.82) is 5.26 Å². The summed E-state index contributed by atoms with van der Waals surface area (Å²) in [5.41, 5.74) is 2.78. The number of carbonyl (C=O) groups is 3. The van der Waals surface area contributed by atoms with Gasteiger partial charge in [-0.15, -0.1) is 0 Å². The highest BCUT2D eigenvalue weighted by atomic mass is 16.5. The van der Waals surface area contributed by atoms with Crippen molar-refractivity contribution in [1.82, 2.24) is 20.1 Å². The van der Waals surface area contributed by atoms with E-state index in [1.165, 1.54) is 7.05 Å². The third-order valence-corrected chi connectivity index (χ3v) is 7.14. The molecule has 1 atom stereocenters. The normalized spacial score (nSPS) is 11.4.